The Bertz CT molecular complexity index is 331. The monoisotopic (exact) mass is 259 g/mol. The number of nitrogen functional groups attached to an aromatic ring is 1. The van der Waals surface area contributed by atoms with Crippen molar-refractivity contribution in [2.45, 2.75) is 18.7 Å². The summed E-state index contributed by atoms with van der Waals surface area (Å²) in [4.78, 5) is 1.13. The van der Waals surface area contributed by atoms with Gasteiger partial charge in [-0.3, -0.25) is 0 Å². The topological polar surface area (TPSA) is 35.2 Å². The van der Waals surface area contributed by atoms with Crippen LogP contribution >= 0.6 is 23.4 Å². The average Bonchev–Trinajstić information content (AvgIpc) is 2.22. The Morgan fingerprint density at radius 3 is 2.81 bits per heavy atom. The van der Waals surface area contributed by atoms with E-state index in [2.05, 4.69) is 13.8 Å². The maximum Gasteiger partial charge on any atom is 0.0646 e. The van der Waals surface area contributed by atoms with Crippen LogP contribution in [0, 0.1) is 5.92 Å². The highest BCUT2D eigenvalue weighted by atomic mass is 35.5. The van der Waals surface area contributed by atoms with Gasteiger partial charge in [-0.05, 0) is 24.1 Å². The lowest BCUT2D eigenvalue weighted by Crippen LogP contribution is -2.04. The Labute approximate surface area is 107 Å². The Morgan fingerprint density at radius 1 is 1.44 bits per heavy atom. The summed E-state index contributed by atoms with van der Waals surface area (Å²) in [6.07, 6.45) is 0. The molecule has 16 heavy (non-hydrogen) atoms. The number of benzene rings is 1. The maximum absolute atomic E-state index is 5.93. The van der Waals surface area contributed by atoms with Crippen LogP contribution in [0.2, 0.25) is 5.02 Å². The van der Waals surface area contributed by atoms with Gasteiger partial charge in [-0.2, -0.15) is 0 Å². The molecule has 90 valence electrons. The van der Waals surface area contributed by atoms with Gasteiger partial charge in [0.2, 0.25) is 0 Å². The summed E-state index contributed by atoms with van der Waals surface area (Å²) in [6.45, 7) is 5.88. The van der Waals surface area contributed by atoms with Crippen LogP contribution < -0.4 is 5.73 Å². The summed E-state index contributed by atoms with van der Waals surface area (Å²) in [5, 5.41) is 0.619. The molecule has 0 saturated heterocycles. The van der Waals surface area contributed by atoms with Gasteiger partial charge in [-0.25, -0.2) is 0 Å². The number of ether oxygens (including phenoxy) is 1. The normalized spacial score (nSPS) is 11.0. The minimum atomic E-state index is 0.593. The van der Waals surface area contributed by atoms with E-state index in [1.54, 1.807) is 11.8 Å². The van der Waals surface area contributed by atoms with Gasteiger partial charge in [0.1, 0.15) is 0 Å². The predicted octanol–water partition coefficient (Wildman–Crippen LogP) is 3.69. The largest absolute Gasteiger partial charge is 0.398 e. The fraction of sp³-hybridized carbons (Fsp3) is 0.500. The molecule has 1 rings (SSSR count). The number of hydrogen-bond acceptors (Lipinski definition) is 3. The van der Waals surface area contributed by atoms with Crippen LogP contribution in [0.15, 0.2) is 23.1 Å². The van der Waals surface area contributed by atoms with Crippen molar-refractivity contribution in [3.05, 3.63) is 23.2 Å². The van der Waals surface area contributed by atoms with Crippen molar-refractivity contribution >= 4 is 29.1 Å². The number of halogens is 1. The molecule has 2 nitrogen and oxygen atoms in total. The Balaban J connectivity index is 2.24. The molecule has 0 saturated carbocycles. The van der Waals surface area contributed by atoms with Crippen molar-refractivity contribution in [1.29, 1.82) is 0 Å². The molecular formula is C12H18ClNOS. The van der Waals surface area contributed by atoms with Crippen LogP contribution in [-0.2, 0) is 4.74 Å². The highest BCUT2D eigenvalue weighted by Crippen LogP contribution is 2.26. The molecule has 0 aliphatic rings. The fourth-order valence-electron chi connectivity index (χ4n) is 1.14. The Morgan fingerprint density at radius 2 is 2.19 bits per heavy atom. The van der Waals surface area contributed by atoms with E-state index in [0.29, 0.717) is 16.6 Å². The van der Waals surface area contributed by atoms with Gasteiger partial charge < -0.3 is 10.5 Å². The third kappa shape index (κ3) is 5.10. The molecule has 0 atom stereocenters. The van der Waals surface area contributed by atoms with E-state index in [0.717, 1.165) is 23.9 Å². The van der Waals surface area contributed by atoms with Gasteiger partial charge in [0.15, 0.2) is 0 Å². The number of anilines is 1. The first-order valence-corrected chi connectivity index (χ1v) is 6.71. The molecule has 1 aromatic carbocycles. The zero-order valence-electron chi connectivity index (χ0n) is 9.70. The minimum absolute atomic E-state index is 0.593. The van der Waals surface area contributed by atoms with E-state index >= 15 is 0 Å². The molecule has 0 aliphatic carbocycles. The molecule has 0 amide bonds. The first-order chi connectivity index (χ1) is 7.59. The lowest BCUT2D eigenvalue weighted by atomic mass is 10.2. The van der Waals surface area contributed by atoms with E-state index < -0.39 is 0 Å². The third-order valence-electron chi connectivity index (χ3n) is 1.92. The summed E-state index contributed by atoms with van der Waals surface area (Å²) in [5.74, 6) is 1.53. The Kier molecular flexibility index (Phi) is 6.03. The van der Waals surface area contributed by atoms with Gasteiger partial charge in [-0.1, -0.05) is 25.4 Å². The molecule has 0 heterocycles. The lowest BCUT2D eigenvalue weighted by Gasteiger charge is -2.07. The second-order valence-corrected chi connectivity index (χ2v) is 5.58. The minimum Gasteiger partial charge on any atom is -0.398 e. The lowest BCUT2D eigenvalue weighted by molar-refractivity contribution is 0.124. The quantitative estimate of drug-likeness (QED) is 0.481. The van der Waals surface area contributed by atoms with Gasteiger partial charge in [-0.15, -0.1) is 11.8 Å². The summed E-state index contributed by atoms with van der Waals surface area (Å²) in [7, 11) is 0. The summed E-state index contributed by atoms with van der Waals surface area (Å²) < 4.78 is 5.49. The Hall–Kier alpha value is -0.380. The van der Waals surface area contributed by atoms with E-state index in [9.17, 15) is 0 Å². The van der Waals surface area contributed by atoms with Gasteiger partial charge in [0.05, 0.1) is 17.3 Å². The van der Waals surface area contributed by atoms with Crippen molar-refractivity contribution < 1.29 is 4.74 Å². The number of thioether (sulfide) groups is 1. The van der Waals surface area contributed by atoms with Crippen molar-refractivity contribution in [2.24, 2.45) is 5.92 Å². The number of nitrogens with two attached hydrogens (primary N) is 1. The number of rotatable bonds is 6. The molecule has 0 radical (unpaired) electrons. The van der Waals surface area contributed by atoms with Crippen LogP contribution in [0.1, 0.15) is 13.8 Å². The molecule has 2 N–H and O–H groups in total. The predicted molar refractivity (Wildman–Crippen MR) is 72.2 cm³/mol. The number of hydrogen-bond donors (Lipinski definition) is 1. The van der Waals surface area contributed by atoms with Gasteiger partial charge in [0.25, 0.3) is 0 Å². The fourth-order valence-corrected chi connectivity index (χ4v) is 2.18. The summed E-state index contributed by atoms with van der Waals surface area (Å²) in [6, 6.07) is 5.71. The second kappa shape index (κ2) is 7.05. The molecule has 0 aromatic heterocycles. The maximum atomic E-state index is 5.93. The van der Waals surface area contributed by atoms with Crippen LogP contribution in [-0.4, -0.2) is 19.0 Å². The molecule has 0 spiro atoms. The van der Waals surface area contributed by atoms with Crippen molar-refractivity contribution in [2.75, 3.05) is 24.7 Å². The summed E-state index contributed by atoms with van der Waals surface area (Å²) >= 11 is 7.66. The molecular weight excluding hydrogens is 242 g/mol. The van der Waals surface area contributed by atoms with Crippen LogP contribution in [0.3, 0.4) is 0 Å². The van der Waals surface area contributed by atoms with Crippen molar-refractivity contribution in [3.63, 3.8) is 0 Å². The van der Waals surface area contributed by atoms with E-state index in [4.69, 9.17) is 22.1 Å². The van der Waals surface area contributed by atoms with Crippen molar-refractivity contribution in [3.8, 4) is 0 Å². The van der Waals surface area contributed by atoms with Gasteiger partial charge in [0, 0.05) is 17.3 Å². The standard InChI is InChI=1S/C12H18ClNOS/c1-9(2)8-15-5-6-16-10-3-4-12(14)11(13)7-10/h3-4,7,9H,5-6,8,14H2,1-2H3. The average molecular weight is 260 g/mol. The first kappa shape index (κ1) is 13.7. The highest BCUT2D eigenvalue weighted by molar-refractivity contribution is 7.99. The third-order valence-corrected chi connectivity index (χ3v) is 3.20. The highest BCUT2D eigenvalue weighted by Gasteiger charge is 1.99. The van der Waals surface area contributed by atoms with Crippen LogP contribution in [0.25, 0.3) is 0 Å². The molecule has 1 aromatic rings. The van der Waals surface area contributed by atoms with E-state index in [1.807, 2.05) is 18.2 Å². The molecule has 0 unspecified atom stereocenters. The van der Waals surface area contributed by atoms with Crippen LogP contribution in [0.4, 0.5) is 5.69 Å². The molecule has 4 heteroatoms. The zero-order valence-corrected chi connectivity index (χ0v) is 11.3. The summed E-state index contributed by atoms with van der Waals surface area (Å²) in [5.41, 5.74) is 6.26. The second-order valence-electron chi connectivity index (χ2n) is 4.00. The van der Waals surface area contributed by atoms with Gasteiger partial charge >= 0.3 is 0 Å². The van der Waals surface area contributed by atoms with E-state index in [-0.39, 0.29) is 0 Å². The smallest absolute Gasteiger partial charge is 0.0646 e. The zero-order chi connectivity index (χ0) is 12.0. The van der Waals surface area contributed by atoms with Crippen LogP contribution in [0.5, 0.6) is 0 Å². The van der Waals surface area contributed by atoms with E-state index in [1.165, 1.54) is 0 Å². The van der Waals surface area contributed by atoms with Crippen molar-refractivity contribution in [1.82, 2.24) is 0 Å². The SMILES string of the molecule is CC(C)COCCSc1ccc(N)c(Cl)c1. The molecule has 0 aliphatic heterocycles. The first-order valence-electron chi connectivity index (χ1n) is 5.35. The molecule has 0 bridgehead atoms. The molecule has 0 fully saturated rings.